The Bertz CT molecular complexity index is 610. The first-order valence-electron chi connectivity index (χ1n) is 7.31. The minimum Gasteiger partial charge on any atom is -0.310 e. The van der Waals surface area contributed by atoms with Crippen LogP contribution in [-0.2, 0) is 16.6 Å². The van der Waals surface area contributed by atoms with E-state index in [0.717, 1.165) is 12.8 Å². The van der Waals surface area contributed by atoms with Crippen molar-refractivity contribution in [2.24, 2.45) is 5.92 Å². The normalized spacial score (nSPS) is 15.7. The summed E-state index contributed by atoms with van der Waals surface area (Å²) >= 11 is 0. The highest BCUT2D eigenvalue weighted by Gasteiger charge is 2.22. The van der Waals surface area contributed by atoms with Crippen LogP contribution in [0.15, 0.2) is 17.0 Å². The van der Waals surface area contributed by atoms with Crippen molar-refractivity contribution in [1.82, 2.24) is 10.0 Å². The molecule has 0 aromatic heterocycles. The molecule has 6 heteroatoms. The molecule has 1 aliphatic rings. The second-order valence-corrected chi connectivity index (χ2v) is 7.84. The molecule has 0 heterocycles. The van der Waals surface area contributed by atoms with E-state index < -0.39 is 15.8 Å². The van der Waals surface area contributed by atoms with Gasteiger partial charge in [0.2, 0.25) is 10.0 Å². The van der Waals surface area contributed by atoms with Crippen molar-refractivity contribution >= 4 is 10.0 Å². The Hall–Kier alpha value is -0.980. The van der Waals surface area contributed by atoms with Crippen LogP contribution in [0.3, 0.4) is 0 Å². The lowest BCUT2D eigenvalue weighted by Crippen LogP contribution is -2.28. The van der Waals surface area contributed by atoms with Crippen LogP contribution >= 0.6 is 0 Å². The quantitative estimate of drug-likeness (QED) is 0.812. The Morgan fingerprint density at radius 3 is 2.57 bits per heavy atom. The largest absolute Gasteiger partial charge is 0.310 e. The Morgan fingerprint density at radius 1 is 1.33 bits per heavy atom. The lowest BCUT2D eigenvalue weighted by Gasteiger charge is -2.13. The molecule has 1 saturated carbocycles. The van der Waals surface area contributed by atoms with Gasteiger partial charge in [-0.15, -0.1) is 0 Å². The van der Waals surface area contributed by atoms with Gasteiger partial charge in [0.15, 0.2) is 0 Å². The lowest BCUT2D eigenvalue weighted by molar-refractivity contribution is 0.555. The third-order valence-corrected chi connectivity index (χ3v) is 5.05. The van der Waals surface area contributed by atoms with Gasteiger partial charge in [-0.1, -0.05) is 13.8 Å². The van der Waals surface area contributed by atoms with Gasteiger partial charge in [0.1, 0.15) is 5.82 Å². The predicted octanol–water partition coefficient (Wildman–Crippen LogP) is 2.32. The molecule has 118 valence electrons. The molecule has 0 aliphatic heterocycles. The molecule has 0 spiro atoms. The number of hydrogen-bond acceptors (Lipinski definition) is 3. The smallest absolute Gasteiger partial charge is 0.240 e. The molecule has 1 aliphatic carbocycles. The van der Waals surface area contributed by atoms with Crippen LogP contribution in [0, 0.1) is 18.7 Å². The summed E-state index contributed by atoms with van der Waals surface area (Å²) in [6, 6.07) is 3.47. The van der Waals surface area contributed by atoms with Gasteiger partial charge in [0, 0.05) is 24.7 Å². The van der Waals surface area contributed by atoms with Crippen molar-refractivity contribution in [3.8, 4) is 0 Å². The van der Waals surface area contributed by atoms with Gasteiger partial charge in [-0.05, 0) is 43.4 Å². The topological polar surface area (TPSA) is 58.2 Å². The molecule has 0 saturated heterocycles. The molecule has 2 rings (SSSR count). The SMILES string of the molecule is Cc1c(F)cc(CNC2CC2)cc1S(=O)(=O)NCC(C)C. The van der Waals surface area contributed by atoms with Crippen LogP contribution in [0.2, 0.25) is 0 Å². The molecule has 0 unspecified atom stereocenters. The molecule has 2 N–H and O–H groups in total. The van der Waals surface area contributed by atoms with E-state index in [1.807, 2.05) is 13.8 Å². The van der Waals surface area contributed by atoms with E-state index in [2.05, 4.69) is 10.0 Å². The molecule has 0 amide bonds. The predicted molar refractivity (Wildman–Crippen MR) is 81.0 cm³/mol. The zero-order valence-electron chi connectivity index (χ0n) is 12.7. The van der Waals surface area contributed by atoms with Crippen molar-refractivity contribution in [1.29, 1.82) is 0 Å². The summed E-state index contributed by atoms with van der Waals surface area (Å²) in [6.45, 7) is 6.18. The highest BCUT2D eigenvalue weighted by atomic mass is 32.2. The third-order valence-electron chi connectivity index (χ3n) is 3.50. The van der Waals surface area contributed by atoms with E-state index in [1.165, 1.54) is 13.0 Å². The molecule has 0 atom stereocenters. The summed E-state index contributed by atoms with van der Waals surface area (Å²) in [7, 11) is -3.67. The number of nitrogens with one attached hydrogen (secondary N) is 2. The Kier molecular flexibility index (Phi) is 5.01. The molecular formula is C15H23FN2O2S. The van der Waals surface area contributed by atoms with E-state index >= 15 is 0 Å². The van der Waals surface area contributed by atoms with E-state index in [4.69, 9.17) is 0 Å². The number of halogens is 1. The van der Waals surface area contributed by atoms with Crippen LogP contribution in [0.25, 0.3) is 0 Å². The Labute approximate surface area is 126 Å². The number of benzene rings is 1. The number of rotatable bonds is 7. The fourth-order valence-corrected chi connectivity index (χ4v) is 3.51. The summed E-state index contributed by atoms with van der Waals surface area (Å²) in [5.41, 5.74) is 0.830. The monoisotopic (exact) mass is 314 g/mol. The number of hydrogen-bond donors (Lipinski definition) is 2. The maximum atomic E-state index is 14.0. The summed E-state index contributed by atoms with van der Waals surface area (Å²) < 4.78 is 41.1. The van der Waals surface area contributed by atoms with Crippen molar-refractivity contribution in [2.45, 2.75) is 51.1 Å². The second-order valence-electron chi connectivity index (χ2n) is 6.10. The van der Waals surface area contributed by atoms with Gasteiger partial charge in [-0.25, -0.2) is 17.5 Å². The van der Waals surface area contributed by atoms with Crippen LogP contribution in [0.4, 0.5) is 4.39 Å². The molecule has 0 bridgehead atoms. The fraction of sp³-hybridized carbons (Fsp3) is 0.600. The highest BCUT2D eigenvalue weighted by molar-refractivity contribution is 7.89. The van der Waals surface area contributed by atoms with Crippen molar-refractivity contribution in [3.05, 3.63) is 29.1 Å². The van der Waals surface area contributed by atoms with Gasteiger partial charge in [-0.2, -0.15) is 0 Å². The van der Waals surface area contributed by atoms with E-state index in [1.54, 1.807) is 6.07 Å². The number of sulfonamides is 1. The molecule has 0 radical (unpaired) electrons. The summed E-state index contributed by atoms with van der Waals surface area (Å²) in [5.74, 6) is -0.278. The van der Waals surface area contributed by atoms with E-state index in [9.17, 15) is 12.8 Å². The zero-order valence-corrected chi connectivity index (χ0v) is 13.6. The van der Waals surface area contributed by atoms with Crippen LogP contribution < -0.4 is 10.0 Å². The van der Waals surface area contributed by atoms with Gasteiger partial charge >= 0.3 is 0 Å². The molecule has 1 aromatic carbocycles. The first kappa shape index (κ1) is 16.4. The van der Waals surface area contributed by atoms with Gasteiger partial charge < -0.3 is 5.32 Å². The van der Waals surface area contributed by atoms with Gasteiger partial charge in [-0.3, -0.25) is 0 Å². The standard InChI is InChI=1S/C15H23FN2O2S/c1-10(2)8-18-21(19,20)15-7-12(6-14(16)11(15)3)9-17-13-4-5-13/h6-7,10,13,17-18H,4-5,8-9H2,1-3H3. The van der Waals surface area contributed by atoms with Crippen molar-refractivity contribution in [3.63, 3.8) is 0 Å². The lowest BCUT2D eigenvalue weighted by atomic mass is 10.1. The molecule has 21 heavy (non-hydrogen) atoms. The summed E-state index contributed by atoms with van der Waals surface area (Å²) in [6.07, 6.45) is 2.27. The fourth-order valence-electron chi connectivity index (χ4n) is 1.99. The Morgan fingerprint density at radius 2 is 2.00 bits per heavy atom. The van der Waals surface area contributed by atoms with Crippen LogP contribution in [0.5, 0.6) is 0 Å². The van der Waals surface area contributed by atoms with Gasteiger partial charge in [0.25, 0.3) is 0 Å². The summed E-state index contributed by atoms with van der Waals surface area (Å²) in [5, 5.41) is 3.27. The van der Waals surface area contributed by atoms with E-state index in [-0.39, 0.29) is 16.4 Å². The highest BCUT2D eigenvalue weighted by Crippen LogP contribution is 2.23. The van der Waals surface area contributed by atoms with Crippen LogP contribution in [-0.4, -0.2) is 21.0 Å². The summed E-state index contributed by atoms with van der Waals surface area (Å²) in [4.78, 5) is 0.0377. The molecule has 4 nitrogen and oxygen atoms in total. The maximum absolute atomic E-state index is 14.0. The Balaban J connectivity index is 2.23. The minimum absolute atomic E-state index is 0.0377. The average molecular weight is 314 g/mol. The van der Waals surface area contributed by atoms with E-state index in [0.29, 0.717) is 24.7 Å². The first-order valence-corrected chi connectivity index (χ1v) is 8.80. The molecule has 1 fully saturated rings. The molecular weight excluding hydrogens is 291 g/mol. The van der Waals surface area contributed by atoms with Crippen molar-refractivity contribution < 1.29 is 12.8 Å². The average Bonchev–Trinajstić information content (AvgIpc) is 3.21. The molecule has 1 aromatic rings. The maximum Gasteiger partial charge on any atom is 0.240 e. The minimum atomic E-state index is -3.67. The zero-order chi connectivity index (χ0) is 15.6. The third kappa shape index (κ3) is 4.49. The van der Waals surface area contributed by atoms with Crippen LogP contribution in [0.1, 0.15) is 37.8 Å². The second kappa shape index (κ2) is 6.42. The van der Waals surface area contributed by atoms with Crippen molar-refractivity contribution in [2.75, 3.05) is 6.54 Å². The first-order chi connectivity index (χ1) is 9.79. The van der Waals surface area contributed by atoms with Gasteiger partial charge in [0.05, 0.1) is 4.90 Å².